The van der Waals surface area contributed by atoms with E-state index >= 15 is 0 Å². The second kappa shape index (κ2) is 9.42. The molecule has 0 aromatic heterocycles. The molecule has 1 aromatic carbocycles. The van der Waals surface area contributed by atoms with Crippen LogP contribution in [0.2, 0.25) is 5.02 Å². The van der Waals surface area contributed by atoms with E-state index < -0.39 is 0 Å². The van der Waals surface area contributed by atoms with Gasteiger partial charge in [-0.2, -0.15) is 0 Å². The molecule has 7 heteroatoms. The molecule has 2 rings (SSSR count). The first-order valence-electron chi connectivity index (χ1n) is 8.66. The van der Waals surface area contributed by atoms with Crippen LogP contribution in [0.3, 0.4) is 0 Å². The number of halogens is 1. The largest absolute Gasteiger partial charge is 0.356 e. The van der Waals surface area contributed by atoms with Gasteiger partial charge in [-0.1, -0.05) is 18.5 Å². The van der Waals surface area contributed by atoms with Crippen molar-refractivity contribution < 1.29 is 14.4 Å². The number of benzene rings is 1. The molecular weight excluding hydrogens is 342 g/mol. The van der Waals surface area contributed by atoms with Crippen LogP contribution in [0.15, 0.2) is 18.2 Å². The average Bonchev–Trinajstić information content (AvgIpc) is 3.41. The summed E-state index contributed by atoms with van der Waals surface area (Å²) in [6.45, 7) is 3.06. The fourth-order valence-electron chi connectivity index (χ4n) is 2.28. The Hall–Kier alpha value is -2.08. The molecule has 0 unspecified atom stereocenters. The second-order valence-corrected chi connectivity index (χ2v) is 6.57. The predicted molar refractivity (Wildman–Crippen MR) is 97.7 cm³/mol. The number of anilines is 1. The minimum atomic E-state index is -0.226. The number of carbonyl (C=O) groups is 3. The Bertz CT molecular complexity index is 644. The molecule has 0 radical (unpaired) electrons. The lowest BCUT2D eigenvalue weighted by Gasteiger charge is -2.09. The fraction of sp³-hybridized carbons (Fsp3) is 0.500. The van der Waals surface area contributed by atoms with Crippen LogP contribution < -0.4 is 16.0 Å². The lowest BCUT2D eigenvalue weighted by atomic mass is 10.2. The highest BCUT2D eigenvalue weighted by Crippen LogP contribution is 2.28. The van der Waals surface area contributed by atoms with Crippen molar-refractivity contribution >= 4 is 35.0 Å². The highest BCUT2D eigenvalue weighted by molar-refractivity contribution is 6.34. The van der Waals surface area contributed by atoms with Crippen LogP contribution in [0.25, 0.3) is 0 Å². The molecule has 136 valence electrons. The Labute approximate surface area is 152 Å². The van der Waals surface area contributed by atoms with E-state index in [9.17, 15) is 14.4 Å². The van der Waals surface area contributed by atoms with E-state index in [2.05, 4.69) is 16.0 Å². The number of carbonyl (C=O) groups excluding carboxylic acids is 3. The lowest BCUT2D eigenvalue weighted by Crippen LogP contribution is -2.26. The molecule has 0 saturated heterocycles. The minimum Gasteiger partial charge on any atom is -0.356 e. The van der Waals surface area contributed by atoms with E-state index in [1.165, 1.54) is 0 Å². The Morgan fingerprint density at radius 1 is 1.16 bits per heavy atom. The van der Waals surface area contributed by atoms with Gasteiger partial charge in [0.25, 0.3) is 5.91 Å². The Morgan fingerprint density at radius 2 is 1.92 bits per heavy atom. The summed E-state index contributed by atoms with van der Waals surface area (Å²) in [5.74, 6) is -0.107. The van der Waals surface area contributed by atoms with E-state index in [4.69, 9.17) is 11.6 Å². The molecule has 0 spiro atoms. The van der Waals surface area contributed by atoms with Gasteiger partial charge in [0.15, 0.2) is 0 Å². The lowest BCUT2D eigenvalue weighted by molar-refractivity contribution is -0.122. The summed E-state index contributed by atoms with van der Waals surface area (Å²) >= 11 is 6.12. The zero-order valence-corrected chi connectivity index (χ0v) is 15.1. The molecule has 1 saturated carbocycles. The first kappa shape index (κ1) is 19.2. The van der Waals surface area contributed by atoms with Crippen LogP contribution in [-0.2, 0) is 9.59 Å². The van der Waals surface area contributed by atoms with Crippen LogP contribution in [0.5, 0.6) is 0 Å². The third kappa shape index (κ3) is 6.38. The van der Waals surface area contributed by atoms with Gasteiger partial charge >= 0.3 is 0 Å². The number of rotatable bonds is 9. The third-order valence-corrected chi connectivity index (χ3v) is 4.17. The maximum atomic E-state index is 11.9. The maximum Gasteiger partial charge on any atom is 0.252 e. The van der Waals surface area contributed by atoms with Gasteiger partial charge in [0, 0.05) is 31.1 Å². The standard InChI is InChI=1S/C18H24ClN3O3/c1-2-9-20-18(25)14-8-7-13(11-15(14)19)22-16(23)4-3-10-21-17(24)12-5-6-12/h7-8,11-12H,2-6,9-10H2,1H3,(H,20,25)(H,21,24)(H,22,23). The van der Waals surface area contributed by atoms with Gasteiger partial charge in [0.05, 0.1) is 10.6 Å². The smallest absolute Gasteiger partial charge is 0.252 e. The van der Waals surface area contributed by atoms with Gasteiger partial charge in [-0.3, -0.25) is 14.4 Å². The summed E-state index contributed by atoms with van der Waals surface area (Å²) in [7, 11) is 0. The van der Waals surface area contributed by atoms with Crippen molar-refractivity contribution in [3.8, 4) is 0 Å². The first-order chi connectivity index (χ1) is 12.0. The summed E-state index contributed by atoms with van der Waals surface area (Å²) in [4.78, 5) is 35.3. The molecule has 0 atom stereocenters. The Balaban J connectivity index is 1.75. The molecule has 1 aliphatic carbocycles. The molecule has 6 nitrogen and oxygen atoms in total. The van der Waals surface area contributed by atoms with Crippen LogP contribution >= 0.6 is 11.6 Å². The first-order valence-corrected chi connectivity index (χ1v) is 9.04. The SMILES string of the molecule is CCCNC(=O)c1ccc(NC(=O)CCCNC(=O)C2CC2)cc1Cl. The molecule has 0 heterocycles. The number of hydrogen-bond acceptors (Lipinski definition) is 3. The molecule has 3 amide bonds. The van der Waals surface area contributed by atoms with Crippen molar-refractivity contribution in [1.29, 1.82) is 0 Å². The highest BCUT2D eigenvalue weighted by atomic mass is 35.5. The zero-order valence-electron chi connectivity index (χ0n) is 14.4. The van der Waals surface area contributed by atoms with Crippen molar-refractivity contribution in [1.82, 2.24) is 10.6 Å². The monoisotopic (exact) mass is 365 g/mol. The molecular formula is C18H24ClN3O3. The van der Waals surface area contributed by atoms with Gasteiger partial charge in [-0.05, 0) is 43.9 Å². The molecule has 1 aliphatic rings. The van der Waals surface area contributed by atoms with E-state index in [0.29, 0.717) is 42.2 Å². The van der Waals surface area contributed by atoms with Gasteiger partial charge in [-0.25, -0.2) is 0 Å². The summed E-state index contributed by atoms with van der Waals surface area (Å²) in [6.07, 6.45) is 3.68. The predicted octanol–water partition coefficient (Wildman–Crippen LogP) is 2.72. The van der Waals surface area contributed by atoms with Crippen molar-refractivity contribution in [3.63, 3.8) is 0 Å². The van der Waals surface area contributed by atoms with Crippen molar-refractivity contribution in [3.05, 3.63) is 28.8 Å². The van der Waals surface area contributed by atoms with E-state index in [0.717, 1.165) is 19.3 Å². The summed E-state index contributed by atoms with van der Waals surface area (Å²) in [6, 6.07) is 4.81. The van der Waals surface area contributed by atoms with Crippen molar-refractivity contribution in [2.45, 2.75) is 39.0 Å². The number of nitrogens with one attached hydrogen (secondary N) is 3. The summed E-state index contributed by atoms with van der Waals surface area (Å²) in [5.41, 5.74) is 0.931. The Morgan fingerprint density at radius 3 is 2.56 bits per heavy atom. The van der Waals surface area contributed by atoms with Crippen molar-refractivity contribution in [2.75, 3.05) is 18.4 Å². The van der Waals surface area contributed by atoms with E-state index in [1.807, 2.05) is 6.92 Å². The molecule has 3 N–H and O–H groups in total. The molecule has 25 heavy (non-hydrogen) atoms. The van der Waals surface area contributed by atoms with E-state index in [-0.39, 0.29) is 23.6 Å². The Kier molecular flexibility index (Phi) is 7.25. The summed E-state index contributed by atoms with van der Waals surface area (Å²) in [5, 5.41) is 8.63. The maximum absolute atomic E-state index is 11.9. The average molecular weight is 366 g/mol. The topological polar surface area (TPSA) is 87.3 Å². The molecule has 1 fully saturated rings. The van der Waals surface area contributed by atoms with Crippen LogP contribution in [-0.4, -0.2) is 30.8 Å². The van der Waals surface area contributed by atoms with Crippen molar-refractivity contribution in [2.24, 2.45) is 5.92 Å². The number of amides is 3. The van der Waals surface area contributed by atoms with Gasteiger partial charge in [-0.15, -0.1) is 0 Å². The van der Waals surface area contributed by atoms with E-state index in [1.54, 1.807) is 18.2 Å². The van der Waals surface area contributed by atoms with Crippen LogP contribution in [0.1, 0.15) is 49.4 Å². The van der Waals surface area contributed by atoms with Gasteiger partial charge in [0.2, 0.25) is 11.8 Å². The highest BCUT2D eigenvalue weighted by Gasteiger charge is 2.28. The fourth-order valence-corrected chi connectivity index (χ4v) is 2.55. The molecule has 1 aromatic rings. The van der Waals surface area contributed by atoms with Crippen LogP contribution in [0, 0.1) is 5.92 Å². The van der Waals surface area contributed by atoms with Gasteiger partial charge < -0.3 is 16.0 Å². The quantitative estimate of drug-likeness (QED) is 0.588. The molecule has 0 aliphatic heterocycles. The second-order valence-electron chi connectivity index (χ2n) is 6.17. The zero-order chi connectivity index (χ0) is 18.2. The molecule has 0 bridgehead atoms. The minimum absolute atomic E-state index is 0.0872. The summed E-state index contributed by atoms with van der Waals surface area (Å²) < 4.78 is 0. The number of hydrogen-bond donors (Lipinski definition) is 3. The van der Waals surface area contributed by atoms with Gasteiger partial charge in [0.1, 0.15) is 0 Å². The normalized spacial score (nSPS) is 13.2. The third-order valence-electron chi connectivity index (χ3n) is 3.86. The van der Waals surface area contributed by atoms with Crippen LogP contribution in [0.4, 0.5) is 5.69 Å².